The molecule has 0 atom stereocenters. The van der Waals surface area contributed by atoms with E-state index in [1.54, 1.807) is 0 Å². The lowest BCUT2D eigenvalue weighted by molar-refractivity contribution is 0.458. The van der Waals surface area contributed by atoms with Crippen LogP contribution < -0.4 is 10.5 Å². The van der Waals surface area contributed by atoms with Gasteiger partial charge in [0.25, 0.3) is 0 Å². The van der Waals surface area contributed by atoms with Crippen molar-refractivity contribution in [1.82, 2.24) is 4.72 Å². The monoisotopic (exact) mass is 246 g/mol. The SMILES string of the molecule is NCCC1(CNS(=O)(=O)C2CCCC2)CC1. The second kappa shape index (κ2) is 4.63. The van der Waals surface area contributed by atoms with E-state index in [2.05, 4.69) is 4.72 Å². The number of nitrogens with one attached hydrogen (secondary N) is 1. The molecule has 2 saturated carbocycles. The molecule has 2 rings (SSSR count). The lowest BCUT2D eigenvalue weighted by Crippen LogP contribution is -2.37. The molecule has 0 spiro atoms. The van der Waals surface area contributed by atoms with E-state index in [4.69, 9.17) is 5.73 Å². The Morgan fingerprint density at radius 3 is 2.38 bits per heavy atom. The van der Waals surface area contributed by atoms with Crippen molar-refractivity contribution < 1.29 is 8.42 Å². The Labute approximate surface area is 98.0 Å². The summed E-state index contributed by atoms with van der Waals surface area (Å²) in [7, 11) is -3.06. The van der Waals surface area contributed by atoms with E-state index in [1.807, 2.05) is 0 Å². The van der Waals surface area contributed by atoms with Crippen LogP contribution in [0.1, 0.15) is 44.9 Å². The highest BCUT2D eigenvalue weighted by Gasteiger charge is 2.42. The van der Waals surface area contributed by atoms with E-state index in [-0.39, 0.29) is 10.7 Å². The van der Waals surface area contributed by atoms with Gasteiger partial charge in [0.15, 0.2) is 0 Å². The third-order valence-electron chi connectivity index (χ3n) is 4.02. The van der Waals surface area contributed by atoms with E-state index in [9.17, 15) is 8.42 Å². The Hall–Kier alpha value is -0.130. The Kier molecular flexibility index (Phi) is 3.56. The van der Waals surface area contributed by atoms with Crippen LogP contribution in [-0.4, -0.2) is 26.8 Å². The molecule has 3 N–H and O–H groups in total. The molecule has 0 saturated heterocycles. The number of hydrogen-bond acceptors (Lipinski definition) is 3. The van der Waals surface area contributed by atoms with Crippen LogP contribution in [0.25, 0.3) is 0 Å². The highest BCUT2D eigenvalue weighted by molar-refractivity contribution is 7.90. The minimum absolute atomic E-state index is 0.138. The molecule has 16 heavy (non-hydrogen) atoms. The van der Waals surface area contributed by atoms with Crippen LogP contribution >= 0.6 is 0 Å². The molecule has 0 unspecified atom stereocenters. The van der Waals surface area contributed by atoms with Gasteiger partial charge in [-0.3, -0.25) is 0 Å². The molecular weight excluding hydrogens is 224 g/mol. The van der Waals surface area contributed by atoms with Crippen LogP contribution in [0.4, 0.5) is 0 Å². The van der Waals surface area contributed by atoms with Crippen molar-refractivity contribution in [2.75, 3.05) is 13.1 Å². The molecule has 0 aromatic rings. The molecule has 0 aromatic heterocycles. The van der Waals surface area contributed by atoms with Gasteiger partial charge in [0, 0.05) is 6.54 Å². The third kappa shape index (κ3) is 2.76. The van der Waals surface area contributed by atoms with E-state index in [0.29, 0.717) is 13.1 Å². The van der Waals surface area contributed by atoms with Gasteiger partial charge >= 0.3 is 0 Å². The summed E-state index contributed by atoms with van der Waals surface area (Å²) in [6.07, 6.45) is 6.96. The summed E-state index contributed by atoms with van der Waals surface area (Å²) in [5.41, 5.74) is 5.73. The van der Waals surface area contributed by atoms with Gasteiger partial charge in [0.1, 0.15) is 0 Å². The first kappa shape index (κ1) is 12.3. The molecule has 0 bridgehead atoms. The first-order valence-corrected chi connectivity index (χ1v) is 7.81. The predicted octanol–water partition coefficient (Wildman–Crippen LogP) is 0.977. The Bertz CT molecular complexity index is 330. The average molecular weight is 246 g/mol. The van der Waals surface area contributed by atoms with Gasteiger partial charge in [0.05, 0.1) is 5.25 Å². The summed E-state index contributed by atoms with van der Waals surface area (Å²) in [6.45, 7) is 1.26. The van der Waals surface area contributed by atoms with Gasteiger partial charge in [0.2, 0.25) is 10.0 Å². The molecule has 0 radical (unpaired) electrons. The van der Waals surface area contributed by atoms with Crippen LogP contribution in [0.5, 0.6) is 0 Å². The van der Waals surface area contributed by atoms with Crippen molar-refractivity contribution in [2.24, 2.45) is 11.1 Å². The summed E-state index contributed by atoms with van der Waals surface area (Å²) in [5, 5.41) is -0.138. The average Bonchev–Trinajstić information content (AvgIpc) is 2.81. The molecule has 2 aliphatic carbocycles. The first-order valence-electron chi connectivity index (χ1n) is 6.27. The molecule has 2 aliphatic rings. The molecule has 0 heterocycles. The standard InChI is InChI=1S/C11H22N2O2S/c12-8-7-11(5-6-11)9-13-16(14,15)10-3-1-2-4-10/h10,13H,1-9,12H2. The molecule has 4 nitrogen and oxygen atoms in total. The molecule has 0 aromatic carbocycles. The summed E-state index contributed by atoms with van der Waals surface area (Å²) in [6, 6.07) is 0. The van der Waals surface area contributed by atoms with E-state index in [0.717, 1.165) is 44.9 Å². The minimum atomic E-state index is -3.06. The van der Waals surface area contributed by atoms with E-state index in [1.165, 1.54) is 0 Å². The van der Waals surface area contributed by atoms with Crippen LogP contribution in [0.15, 0.2) is 0 Å². The first-order chi connectivity index (χ1) is 7.58. The zero-order valence-corrected chi connectivity index (χ0v) is 10.6. The fourth-order valence-electron chi connectivity index (χ4n) is 2.57. The van der Waals surface area contributed by atoms with Crippen LogP contribution in [-0.2, 0) is 10.0 Å². The Morgan fingerprint density at radius 1 is 1.25 bits per heavy atom. The molecule has 0 aliphatic heterocycles. The van der Waals surface area contributed by atoms with Gasteiger partial charge in [-0.1, -0.05) is 12.8 Å². The third-order valence-corrected chi connectivity index (χ3v) is 5.92. The van der Waals surface area contributed by atoms with Gasteiger partial charge in [-0.2, -0.15) is 0 Å². The zero-order chi connectivity index (χ0) is 11.6. The van der Waals surface area contributed by atoms with Gasteiger partial charge in [-0.25, -0.2) is 13.1 Å². The maximum atomic E-state index is 12.0. The second-order valence-electron chi connectivity index (χ2n) is 5.31. The summed E-state index contributed by atoms with van der Waals surface area (Å²) in [5.74, 6) is 0. The largest absolute Gasteiger partial charge is 0.330 e. The molecule has 5 heteroatoms. The fraction of sp³-hybridized carbons (Fsp3) is 1.00. The number of hydrogen-bond donors (Lipinski definition) is 2. The lowest BCUT2D eigenvalue weighted by atomic mass is 10.0. The second-order valence-corrected chi connectivity index (χ2v) is 7.36. The van der Waals surface area contributed by atoms with Crippen molar-refractivity contribution >= 4 is 10.0 Å². The smallest absolute Gasteiger partial charge is 0.214 e. The molecule has 0 amide bonds. The quantitative estimate of drug-likeness (QED) is 0.733. The molecular formula is C11H22N2O2S. The zero-order valence-electron chi connectivity index (χ0n) is 9.74. The number of nitrogens with two attached hydrogens (primary N) is 1. The van der Waals surface area contributed by atoms with Crippen LogP contribution in [0, 0.1) is 5.41 Å². The Balaban J connectivity index is 1.84. The maximum absolute atomic E-state index is 12.0. The summed E-state index contributed by atoms with van der Waals surface area (Å²) in [4.78, 5) is 0. The normalized spacial score (nSPS) is 24.8. The van der Waals surface area contributed by atoms with Crippen molar-refractivity contribution in [3.05, 3.63) is 0 Å². The number of rotatable bonds is 6. The highest BCUT2D eigenvalue weighted by Crippen LogP contribution is 2.48. The van der Waals surface area contributed by atoms with E-state index >= 15 is 0 Å². The molecule has 2 fully saturated rings. The predicted molar refractivity (Wildman–Crippen MR) is 64.5 cm³/mol. The summed E-state index contributed by atoms with van der Waals surface area (Å²) < 4.78 is 26.7. The van der Waals surface area contributed by atoms with Gasteiger partial charge in [-0.05, 0) is 44.1 Å². The van der Waals surface area contributed by atoms with Gasteiger partial charge < -0.3 is 5.73 Å². The lowest BCUT2D eigenvalue weighted by Gasteiger charge is -2.17. The van der Waals surface area contributed by atoms with Crippen molar-refractivity contribution in [3.63, 3.8) is 0 Å². The van der Waals surface area contributed by atoms with Crippen molar-refractivity contribution in [1.29, 1.82) is 0 Å². The van der Waals surface area contributed by atoms with Crippen LogP contribution in [0.2, 0.25) is 0 Å². The minimum Gasteiger partial charge on any atom is -0.330 e. The van der Waals surface area contributed by atoms with Crippen molar-refractivity contribution in [3.8, 4) is 0 Å². The van der Waals surface area contributed by atoms with Gasteiger partial charge in [-0.15, -0.1) is 0 Å². The summed E-state index contributed by atoms with van der Waals surface area (Å²) >= 11 is 0. The van der Waals surface area contributed by atoms with Crippen molar-refractivity contribution in [2.45, 2.75) is 50.2 Å². The molecule has 94 valence electrons. The topological polar surface area (TPSA) is 72.2 Å². The number of sulfonamides is 1. The highest BCUT2D eigenvalue weighted by atomic mass is 32.2. The fourth-order valence-corrected chi connectivity index (χ4v) is 4.27. The van der Waals surface area contributed by atoms with Crippen LogP contribution in [0.3, 0.4) is 0 Å². The maximum Gasteiger partial charge on any atom is 0.214 e. The van der Waals surface area contributed by atoms with E-state index < -0.39 is 10.0 Å². The Morgan fingerprint density at radius 2 is 1.88 bits per heavy atom.